The predicted octanol–water partition coefficient (Wildman–Crippen LogP) is 0.603. The normalized spacial score (nSPS) is 11.9. The standard InChI is InChI=1S/C11H22N4O2S/c1-3-5-12-9-11-10-15(14-13-11)6-8-18(16,17)7-4-2/h10,12H,3-9H2,1-2H3. The summed E-state index contributed by atoms with van der Waals surface area (Å²) in [6.07, 6.45) is 3.53. The fourth-order valence-electron chi connectivity index (χ4n) is 1.57. The van der Waals surface area contributed by atoms with Crippen molar-refractivity contribution in [3.05, 3.63) is 11.9 Å². The van der Waals surface area contributed by atoms with Crippen LogP contribution in [0, 0.1) is 0 Å². The van der Waals surface area contributed by atoms with E-state index in [2.05, 4.69) is 22.6 Å². The molecule has 18 heavy (non-hydrogen) atoms. The Kier molecular flexibility index (Phi) is 6.28. The van der Waals surface area contributed by atoms with Crippen LogP contribution in [0.15, 0.2) is 6.20 Å². The molecule has 0 bridgehead atoms. The Labute approximate surface area is 109 Å². The molecular weight excluding hydrogens is 252 g/mol. The zero-order chi connectivity index (χ0) is 13.4. The summed E-state index contributed by atoms with van der Waals surface area (Å²) < 4.78 is 24.7. The third-order valence-electron chi connectivity index (χ3n) is 2.47. The van der Waals surface area contributed by atoms with Gasteiger partial charge < -0.3 is 5.32 Å². The summed E-state index contributed by atoms with van der Waals surface area (Å²) in [5, 5.41) is 11.1. The molecule has 104 valence electrons. The summed E-state index contributed by atoms with van der Waals surface area (Å²) in [7, 11) is -2.95. The van der Waals surface area contributed by atoms with Crippen LogP contribution in [0.5, 0.6) is 0 Å². The molecule has 1 aromatic rings. The monoisotopic (exact) mass is 274 g/mol. The zero-order valence-electron chi connectivity index (χ0n) is 11.1. The van der Waals surface area contributed by atoms with E-state index >= 15 is 0 Å². The lowest BCUT2D eigenvalue weighted by molar-refractivity contribution is 0.574. The van der Waals surface area contributed by atoms with E-state index in [0.29, 0.717) is 19.5 Å². The van der Waals surface area contributed by atoms with Gasteiger partial charge in [-0.05, 0) is 19.4 Å². The molecule has 0 radical (unpaired) electrons. The van der Waals surface area contributed by atoms with E-state index in [1.54, 1.807) is 10.9 Å². The number of hydrogen-bond acceptors (Lipinski definition) is 5. The lowest BCUT2D eigenvalue weighted by Gasteiger charge is -2.02. The maximum absolute atomic E-state index is 11.5. The molecule has 0 aromatic carbocycles. The molecular formula is C11H22N4O2S. The van der Waals surface area contributed by atoms with Gasteiger partial charge in [0.2, 0.25) is 0 Å². The Balaban J connectivity index is 2.39. The topological polar surface area (TPSA) is 76.9 Å². The van der Waals surface area contributed by atoms with Gasteiger partial charge in [-0.2, -0.15) is 0 Å². The zero-order valence-corrected chi connectivity index (χ0v) is 11.9. The Morgan fingerprint density at radius 1 is 1.28 bits per heavy atom. The average Bonchev–Trinajstić information content (AvgIpc) is 2.75. The average molecular weight is 274 g/mol. The number of sulfone groups is 1. The fraction of sp³-hybridized carbons (Fsp3) is 0.818. The van der Waals surface area contributed by atoms with Crippen LogP contribution in [-0.2, 0) is 22.9 Å². The molecule has 1 rings (SSSR count). The Bertz CT molecular complexity index is 442. The molecule has 0 aliphatic rings. The first kappa shape index (κ1) is 15.1. The van der Waals surface area contributed by atoms with Crippen LogP contribution in [0.25, 0.3) is 0 Å². The number of rotatable bonds is 9. The van der Waals surface area contributed by atoms with E-state index < -0.39 is 9.84 Å². The molecule has 0 fully saturated rings. The number of aryl methyl sites for hydroxylation is 1. The molecule has 0 aliphatic heterocycles. The summed E-state index contributed by atoms with van der Waals surface area (Å²) >= 11 is 0. The minimum absolute atomic E-state index is 0.131. The quantitative estimate of drug-likeness (QED) is 0.667. The number of nitrogens with one attached hydrogen (secondary N) is 1. The second kappa shape index (κ2) is 7.48. The van der Waals surface area contributed by atoms with Crippen molar-refractivity contribution in [2.24, 2.45) is 0 Å². The van der Waals surface area contributed by atoms with Crippen LogP contribution in [0.1, 0.15) is 32.4 Å². The van der Waals surface area contributed by atoms with E-state index in [4.69, 9.17) is 0 Å². The van der Waals surface area contributed by atoms with E-state index in [1.165, 1.54) is 0 Å². The van der Waals surface area contributed by atoms with Crippen molar-refractivity contribution in [3.63, 3.8) is 0 Å². The van der Waals surface area contributed by atoms with Crippen molar-refractivity contribution in [3.8, 4) is 0 Å². The maximum Gasteiger partial charge on any atom is 0.152 e. The van der Waals surface area contributed by atoms with Gasteiger partial charge in [0.05, 0.1) is 18.0 Å². The first-order valence-electron chi connectivity index (χ1n) is 6.37. The van der Waals surface area contributed by atoms with Crippen molar-refractivity contribution in [1.82, 2.24) is 20.3 Å². The maximum atomic E-state index is 11.5. The van der Waals surface area contributed by atoms with Crippen molar-refractivity contribution in [2.75, 3.05) is 18.1 Å². The fourth-order valence-corrected chi connectivity index (χ4v) is 2.86. The van der Waals surface area contributed by atoms with E-state index in [0.717, 1.165) is 18.7 Å². The van der Waals surface area contributed by atoms with Crippen LogP contribution in [0.4, 0.5) is 0 Å². The van der Waals surface area contributed by atoms with Crippen LogP contribution >= 0.6 is 0 Å². The van der Waals surface area contributed by atoms with Gasteiger partial charge >= 0.3 is 0 Å². The van der Waals surface area contributed by atoms with Gasteiger partial charge in [-0.25, -0.2) is 8.42 Å². The summed E-state index contributed by atoms with van der Waals surface area (Å²) in [6.45, 7) is 5.96. The van der Waals surface area contributed by atoms with Crippen molar-refractivity contribution in [1.29, 1.82) is 0 Å². The Morgan fingerprint density at radius 3 is 2.72 bits per heavy atom. The molecule has 1 aromatic heterocycles. The lowest BCUT2D eigenvalue weighted by atomic mass is 10.4. The number of aromatic nitrogens is 3. The van der Waals surface area contributed by atoms with E-state index in [-0.39, 0.29) is 11.5 Å². The molecule has 1 heterocycles. The van der Waals surface area contributed by atoms with Gasteiger partial charge in [0, 0.05) is 18.5 Å². The molecule has 0 saturated carbocycles. The molecule has 0 unspecified atom stereocenters. The SMILES string of the molecule is CCCNCc1cn(CCS(=O)(=O)CCC)nn1. The molecule has 0 aliphatic carbocycles. The lowest BCUT2D eigenvalue weighted by Crippen LogP contribution is -2.16. The number of nitrogens with zero attached hydrogens (tertiary/aromatic N) is 3. The van der Waals surface area contributed by atoms with Gasteiger partial charge in [0.25, 0.3) is 0 Å². The first-order chi connectivity index (χ1) is 8.57. The third kappa shape index (κ3) is 5.59. The highest BCUT2D eigenvalue weighted by atomic mass is 32.2. The molecule has 0 atom stereocenters. The molecule has 0 spiro atoms. The van der Waals surface area contributed by atoms with Gasteiger partial charge in [0.15, 0.2) is 9.84 Å². The second-order valence-electron chi connectivity index (χ2n) is 4.30. The summed E-state index contributed by atoms with van der Waals surface area (Å²) in [4.78, 5) is 0. The Morgan fingerprint density at radius 2 is 2.06 bits per heavy atom. The molecule has 6 nitrogen and oxygen atoms in total. The highest BCUT2D eigenvalue weighted by molar-refractivity contribution is 7.91. The largest absolute Gasteiger partial charge is 0.311 e. The van der Waals surface area contributed by atoms with Crippen LogP contribution in [0.2, 0.25) is 0 Å². The minimum atomic E-state index is -2.95. The minimum Gasteiger partial charge on any atom is -0.311 e. The van der Waals surface area contributed by atoms with Crippen LogP contribution in [0.3, 0.4) is 0 Å². The summed E-state index contributed by atoms with van der Waals surface area (Å²) in [5.41, 5.74) is 0.844. The molecule has 0 amide bonds. The van der Waals surface area contributed by atoms with Crippen LogP contribution in [-0.4, -0.2) is 41.5 Å². The number of hydrogen-bond donors (Lipinski definition) is 1. The summed E-state index contributed by atoms with van der Waals surface area (Å²) in [5.74, 6) is 0.374. The molecule has 7 heteroatoms. The third-order valence-corrected chi connectivity index (χ3v) is 4.30. The van der Waals surface area contributed by atoms with Crippen molar-refractivity contribution >= 4 is 9.84 Å². The predicted molar refractivity (Wildman–Crippen MR) is 71.0 cm³/mol. The first-order valence-corrected chi connectivity index (χ1v) is 8.19. The van der Waals surface area contributed by atoms with Crippen LogP contribution < -0.4 is 5.32 Å². The Hall–Kier alpha value is -0.950. The van der Waals surface area contributed by atoms with Crippen molar-refractivity contribution < 1.29 is 8.42 Å². The van der Waals surface area contributed by atoms with Gasteiger partial charge in [-0.15, -0.1) is 5.10 Å². The smallest absolute Gasteiger partial charge is 0.152 e. The molecule has 1 N–H and O–H groups in total. The van der Waals surface area contributed by atoms with E-state index in [1.807, 2.05) is 6.92 Å². The van der Waals surface area contributed by atoms with Gasteiger partial charge in [0.1, 0.15) is 0 Å². The summed E-state index contributed by atoms with van der Waals surface area (Å²) in [6, 6.07) is 0. The second-order valence-corrected chi connectivity index (χ2v) is 6.61. The van der Waals surface area contributed by atoms with Gasteiger partial charge in [-0.3, -0.25) is 4.68 Å². The molecule has 0 saturated heterocycles. The van der Waals surface area contributed by atoms with E-state index in [9.17, 15) is 8.42 Å². The van der Waals surface area contributed by atoms with Gasteiger partial charge in [-0.1, -0.05) is 19.1 Å². The highest BCUT2D eigenvalue weighted by Crippen LogP contribution is 1.98. The van der Waals surface area contributed by atoms with Crippen molar-refractivity contribution in [2.45, 2.75) is 39.8 Å². The highest BCUT2D eigenvalue weighted by Gasteiger charge is 2.10.